The van der Waals surface area contributed by atoms with Crippen LogP contribution >= 0.6 is 0 Å². The second-order valence-corrected chi connectivity index (χ2v) is 5.97. The zero-order chi connectivity index (χ0) is 16.6. The number of hydrogen-bond donors (Lipinski definition) is 2. The molecule has 0 saturated carbocycles. The number of rotatable bonds is 8. The maximum atomic E-state index is 5.39. The molecule has 1 aromatic heterocycles. The van der Waals surface area contributed by atoms with Gasteiger partial charge in [-0.15, -0.1) is 0 Å². The third kappa shape index (κ3) is 5.67. The van der Waals surface area contributed by atoms with Crippen molar-refractivity contribution in [2.75, 3.05) is 20.7 Å². The fourth-order valence-corrected chi connectivity index (χ4v) is 2.07. The summed E-state index contributed by atoms with van der Waals surface area (Å²) in [6, 6.07) is 2.02. The van der Waals surface area contributed by atoms with Crippen LogP contribution in [-0.4, -0.2) is 37.4 Å². The van der Waals surface area contributed by atoms with Gasteiger partial charge in [-0.05, 0) is 26.7 Å². The summed E-state index contributed by atoms with van der Waals surface area (Å²) in [7, 11) is 3.44. The highest BCUT2D eigenvalue weighted by molar-refractivity contribution is 5.79. The first-order valence-electron chi connectivity index (χ1n) is 7.90. The highest BCUT2D eigenvalue weighted by Gasteiger charge is 2.17. The summed E-state index contributed by atoms with van der Waals surface area (Å²) in [6.45, 7) is 9.60. The molecule has 1 heterocycles. The third-order valence-corrected chi connectivity index (χ3v) is 3.87. The number of hydrogen-bond acceptors (Lipinski definition) is 4. The maximum Gasteiger partial charge on any atom is 0.191 e. The number of guanidine groups is 1. The van der Waals surface area contributed by atoms with E-state index in [9.17, 15) is 0 Å². The molecule has 0 spiro atoms. The van der Waals surface area contributed by atoms with Crippen molar-refractivity contribution in [3.8, 4) is 0 Å². The van der Waals surface area contributed by atoms with Crippen LogP contribution in [0, 0.1) is 0 Å². The van der Waals surface area contributed by atoms with E-state index in [0.717, 1.165) is 24.3 Å². The lowest BCUT2D eigenvalue weighted by Gasteiger charge is -2.24. The first kappa shape index (κ1) is 18.5. The Morgan fingerprint density at radius 2 is 2.05 bits per heavy atom. The van der Waals surface area contributed by atoms with E-state index in [1.54, 1.807) is 14.2 Å². The van der Waals surface area contributed by atoms with Gasteiger partial charge in [0.25, 0.3) is 0 Å². The van der Waals surface area contributed by atoms with Crippen molar-refractivity contribution < 1.29 is 9.26 Å². The van der Waals surface area contributed by atoms with Crippen LogP contribution in [0.15, 0.2) is 15.6 Å². The summed E-state index contributed by atoms with van der Waals surface area (Å²) in [6.07, 6.45) is 2.15. The van der Waals surface area contributed by atoms with E-state index in [1.165, 1.54) is 0 Å². The van der Waals surface area contributed by atoms with E-state index in [2.05, 4.69) is 34.6 Å². The monoisotopic (exact) mass is 310 g/mol. The second kappa shape index (κ2) is 8.78. The summed E-state index contributed by atoms with van der Waals surface area (Å²) < 4.78 is 10.8. The normalized spacial score (nSPS) is 12.8. The minimum Gasteiger partial charge on any atom is -0.377 e. The molecule has 0 amide bonds. The molecular formula is C16H30N4O2. The summed E-state index contributed by atoms with van der Waals surface area (Å²) >= 11 is 0. The number of aromatic nitrogens is 1. The lowest BCUT2D eigenvalue weighted by Crippen LogP contribution is -2.45. The van der Waals surface area contributed by atoms with E-state index in [-0.39, 0.29) is 5.60 Å². The molecule has 0 bridgehead atoms. The SMILES string of the molecule is CCC(CC)c1cc(CNC(=NC)NCC(C)(C)OC)on1. The Kier molecular flexibility index (Phi) is 7.38. The largest absolute Gasteiger partial charge is 0.377 e. The van der Waals surface area contributed by atoms with Gasteiger partial charge in [0.2, 0.25) is 0 Å². The number of methoxy groups -OCH3 is 1. The molecule has 0 atom stereocenters. The number of aliphatic imine (C=N–C) groups is 1. The zero-order valence-corrected chi connectivity index (χ0v) is 14.7. The van der Waals surface area contributed by atoms with Crippen LogP contribution in [0.5, 0.6) is 0 Å². The van der Waals surface area contributed by atoms with Gasteiger partial charge >= 0.3 is 0 Å². The molecule has 1 rings (SSSR count). The standard InChI is InChI=1S/C16H30N4O2/c1-7-12(8-2)14-9-13(22-20-14)10-18-15(17-5)19-11-16(3,4)21-6/h9,12H,7-8,10-11H2,1-6H3,(H2,17,18,19). The molecule has 1 aromatic rings. The fourth-order valence-electron chi connectivity index (χ4n) is 2.07. The number of nitrogens with one attached hydrogen (secondary N) is 2. The van der Waals surface area contributed by atoms with Gasteiger partial charge in [-0.1, -0.05) is 19.0 Å². The Morgan fingerprint density at radius 3 is 2.59 bits per heavy atom. The van der Waals surface area contributed by atoms with E-state index >= 15 is 0 Å². The molecule has 0 aliphatic carbocycles. The Balaban J connectivity index is 2.50. The average molecular weight is 310 g/mol. The predicted molar refractivity (Wildman–Crippen MR) is 89.1 cm³/mol. The van der Waals surface area contributed by atoms with Crippen LogP contribution in [-0.2, 0) is 11.3 Å². The van der Waals surface area contributed by atoms with E-state index in [1.807, 2.05) is 19.9 Å². The first-order valence-corrected chi connectivity index (χ1v) is 7.90. The molecule has 0 saturated heterocycles. The summed E-state index contributed by atoms with van der Waals surface area (Å²) in [5.74, 6) is 2.00. The van der Waals surface area contributed by atoms with Gasteiger partial charge in [-0.25, -0.2) is 0 Å². The van der Waals surface area contributed by atoms with Gasteiger partial charge < -0.3 is 19.9 Å². The fraction of sp³-hybridized carbons (Fsp3) is 0.750. The Bertz CT molecular complexity index is 464. The third-order valence-electron chi connectivity index (χ3n) is 3.87. The average Bonchev–Trinajstić information content (AvgIpc) is 2.97. The highest BCUT2D eigenvalue weighted by atomic mass is 16.5. The van der Waals surface area contributed by atoms with Crippen LogP contribution in [0.4, 0.5) is 0 Å². The van der Waals surface area contributed by atoms with E-state index in [4.69, 9.17) is 9.26 Å². The summed E-state index contributed by atoms with van der Waals surface area (Å²) in [4.78, 5) is 4.19. The Hall–Kier alpha value is -1.56. The molecule has 2 N–H and O–H groups in total. The Morgan fingerprint density at radius 1 is 1.36 bits per heavy atom. The molecule has 0 radical (unpaired) electrons. The summed E-state index contributed by atoms with van der Waals surface area (Å²) in [5.41, 5.74) is 0.789. The van der Waals surface area contributed by atoms with E-state index < -0.39 is 0 Å². The van der Waals surface area contributed by atoms with Crippen molar-refractivity contribution in [3.63, 3.8) is 0 Å². The molecular weight excluding hydrogens is 280 g/mol. The van der Waals surface area contributed by atoms with Gasteiger partial charge in [-0.3, -0.25) is 4.99 Å². The minimum absolute atomic E-state index is 0.244. The van der Waals surface area contributed by atoms with Gasteiger partial charge in [0.05, 0.1) is 17.8 Å². The highest BCUT2D eigenvalue weighted by Crippen LogP contribution is 2.22. The van der Waals surface area contributed by atoms with Crippen molar-refractivity contribution in [3.05, 3.63) is 17.5 Å². The topological polar surface area (TPSA) is 71.7 Å². The van der Waals surface area contributed by atoms with Crippen LogP contribution in [0.25, 0.3) is 0 Å². The zero-order valence-electron chi connectivity index (χ0n) is 14.7. The molecule has 6 heteroatoms. The van der Waals surface area contributed by atoms with Gasteiger partial charge in [0.1, 0.15) is 0 Å². The van der Waals surface area contributed by atoms with Crippen LogP contribution in [0.2, 0.25) is 0 Å². The predicted octanol–water partition coefficient (Wildman–Crippen LogP) is 2.67. The van der Waals surface area contributed by atoms with Crippen molar-refractivity contribution in [2.24, 2.45) is 4.99 Å². The molecule has 0 unspecified atom stereocenters. The van der Waals surface area contributed by atoms with Crippen LogP contribution in [0.3, 0.4) is 0 Å². The second-order valence-electron chi connectivity index (χ2n) is 5.97. The van der Waals surface area contributed by atoms with Crippen LogP contribution < -0.4 is 10.6 Å². The number of ether oxygens (including phenoxy) is 1. The lowest BCUT2D eigenvalue weighted by atomic mass is 9.99. The molecule has 0 fully saturated rings. The Labute approximate surface area is 133 Å². The first-order chi connectivity index (χ1) is 10.5. The van der Waals surface area contributed by atoms with E-state index in [0.29, 0.717) is 25.0 Å². The van der Waals surface area contributed by atoms with Crippen molar-refractivity contribution in [1.82, 2.24) is 15.8 Å². The quantitative estimate of drug-likeness (QED) is 0.570. The molecule has 6 nitrogen and oxygen atoms in total. The van der Waals surface area contributed by atoms with Gasteiger partial charge in [0.15, 0.2) is 11.7 Å². The molecule has 0 aliphatic rings. The van der Waals surface area contributed by atoms with Crippen molar-refractivity contribution >= 4 is 5.96 Å². The lowest BCUT2D eigenvalue weighted by molar-refractivity contribution is 0.0268. The minimum atomic E-state index is -0.244. The van der Waals surface area contributed by atoms with Gasteiger partial charge in [0, 0.05) is 32.7 Å². The van der Waals surface area contributed by atoms with Crippen LogP contribution in [0.1, 0.15) is 57.9 Å². The van der Waals surface area contributed by atoms with Crippen molar-refractivity contribution in [1.29, 1.82) is 0 Å². The summed E-state index contributed by atoms with van der Waals surface area (Å²) in [5, 5.41) is 10.6. The maximum absolute atomic E-state index is 5.39. The van der Waals surface area contributed by atoms with Gasteiger partial charge in [-0.2, -0.15) is 0 Å². The van der Waals surface area contributed by atoms with Crippen molar-refractivity contribution in [2.45, 2.75) is 58.6 Å². The number of nitrogens with zero attached hydrogens (tertiary/aromatic N) is 2. The molecule has 0 aromatic carbocycles. The molecule has 126 valence electrons. The smallest absolute Gasteiger partial charge is 0.191 e. The molecule has 0 aliphatic heterocycles. The molecule has 22 heavy (non-hydrogen) atoms.